The molecule has 0 saturated heterocycles. The Labute approximate surface area is 117 Å². The van der Waals surface area contributed by atoms with Crippen LogP contribution in [-0.4, -0.2) is 15.1 Å². The zero-order valence-corrected chi connectivity index (χ0v) is 11.1. The molecule has 1 atom stereocenters. The summed E-state index contributed by atoms with van der Waals surface area (Å²) in [4.78, 5) is 8.40. The Bertz CT molecular complexity index is 692. The number of aliphatic hydroxyl groups is 1. The number of benzene rings is 1. The molecule has 1 unspecified atom stereocenters. The van der Waals surface area contributed by atoms with E-state index in [2.05, 4.69) is 9.97 Å². The van der Waals surface area contributed by atoms with E-state index in [0.29, 0.717) is 6.42 Å². The average Bonchev–Trinajstić information content (AvgIpc) is 2.53. The fourth-order valence-electron chi connectivity index (χ4n) is 2.42. The van der Waals surface area contributed by atoms with Gasteiger partial charge in [0.2, 0.25) is 0 Å². The molecule has 1 aromatic carbocycles. The summed E-state index contributed by atoms with van der Waals surface area (Å²) in [6.07, 6.45) is 6.32. The first kappa shape index (κ1) is 12.8. The van der Waals surface area contributed by atoms with Crippen LogP contribution in [0.25, 0.3) is 10.8 Å². The van der Waals surface area contributed by atoms with E-state index in [1.54, 1.807) is 12.4 Å². The van der Waals surface area contributed by atoms with Crippen LogP contribution >= 0.6 is 0 Å². The molecule has 100 valence electrons. The highest BCUT2D eigenvalue weighted by Gasteiger charge is 2.11. The smallest absolute Gasteiger partial charge is 0.0799 e. The Kier molecular flexibility index (Phi) is 3.70. The summed E-state index contributed by atoms with van der Waals surface area (Å²) in [5.41, 5.74) is 1.97. The van der Waals surface area contributed by atoms with Gasteiger partial charge in [0.25, 0.3) is 0 Å². The molecule has 0 spiro atoms. The topological polar surface area (TPSA) is 46.0 Å². The molecule has 2 heterocycles. The molecule has 0 aliphatic rings. The van der Waals surface area contributed by atoms with Gasteiger partial charge in [0.05, 0.1) is 6.10 Å². The Morgan fingerprint density at radius 3 is 2.80 bits per heavy atom. The van der Waals surface area contributed by atoms with Gasteiger partial charge in [0, 0.05) is 29.7 Å². The number of aromatic nitrogens is 2. The van der Waals surface area contributed by atoms with Crippen molar-refractivity contribution in [3.63, 3.8) is 0 Å². The third kappa shape index (κ3) is 2.68. The first-order valence-electron chi connectivity index (χ1n) is 6.75. The van der Waals surface area contributed by atoms with E-state index in [-0.39, 0.29) is 0 Å². The second kappa shape index (κ2) is 5.80. The fraction of sp³-hybridized carbons (Fsp3) is 0.176. The van der Waals surface area contributed by atoms with Crippen LogP contribution in [0, 0.1) is 0 Å². The summed E-state index contributed by atoms with van der Waals surface area (Å²) < 4.78 is 0. The molecule has 0 radical (unpaired) electrons. The highest BCUT2D eigenvalue weighted by molar-refractivity contribution is 5.85. The lowest BCUT2D eigenvalue weighted by Gasteiger charge is -2.13. The van der Waals surface area contributed by atoms with E-state index in [1.807, 2.05) is 48.7 Å². The normalized spacial score (nSPS) is 12.4. The molecule has 0 aliphatic heterocycles. The first-order chi connectivity index (χ1) is 9.84. The van der Waals surface area contributed by atoms with Crippen molar-refractivity contribution in [1.29, 1.82) is 0 Å². The van der Waals surface area contributed by atoms with Gasteiger partial charge in [-0.05, 0) is 42.0 Å². The maximum Gasteiger partial charge on any atom is 0.0799 e. The first-order valence-corrected chi connectivity index (χ1v) is 6.75. The lowest BCUT2D eigenvalue weighted by atomic mass is 9.98. The van der Waals surface area contributed by atoms with Crippen molar-refractivity contribution < 1.29 is 5.11 Å². The summed E-state index contributed by atoms with van der Waals surface area (Å²) in [6.45, 7) is 0. The number of aliphatic hydroxyl groups excluding tert-OH is 1. The highest BCUT2D eigenvalue weighted by atomic mass is 16.3. The van der Waals surface area contributed by atoms with E-state index in [1.165, 1.54) is 0 Å². The fourth-order valence-corrected chi connectivity index (χ4v) is 2.42. The van der Waals surface area contributed by atoms with E-state index in [9.17, 15) is 5.11 Å². The summed E-state index contributed by atoms with van der Waals surface area (Å²) in [7, 11) is 0. The number of nitrogens with zero attached hydrogens (tertiary/aromatic N) is 2. The molecular weight excluding hydrogens is 248 g/mol. The molecule has 1 N–H and O–H groups in total. The molecule has 3 aromatic rings. The molecule has 20 heavy (non-hydrogen) atoms. The van der Waals surface area contributed by atoms with Gasteiger partial charge in [0.15, 0.2) is 0 Å². The van der Waals surface area contributed by atoms with Crippen LogP contribution in [0.5, 0.6) is 0 Å². The van der Waals surface area contributed by atoms with Gasteiger partial charge in [-0.25, -0.2) is 0 Å². The maximum atomic E-state index is 10.4. The van der Waals surface area contributed by atoms with Gasteiger partial charge in [-0.3, -0.25) is 9.97 Å². The second-order valence-electron chi connectivity index (χ2n) is 4.82. The van der Waals surface area contributed by atoms with Crippen molar-refractivity contribution in [3.8, 4) is 0 Å². The maximum absolute atomic E-state index is 10.4. The molecule has 0 aliphatic carbocycles. The minimum Gasteiger partial charge on any atom is -0.388 e. The minimum atomic E-state index is -0.483. The summed E-state index contributed by atoms with van der Waals surface area (Å²) >= 11 is 0. The van der Waals surface area contributed by atoms with Crippen LogP contribution in [0.2, 0.25) is 0 Å². The van der Waals surface area contributed by atoms with Crippen LogP contribution in [0.4, 0.5) is 0 Å². The second-order valence-corrected chi connectivity index (χ2v) is 4.82. The Morgan fingerprint density at radius 2 is 1.95 bits per heavy atom. The predicted molar refractivity (Wildman–Crippen MR) is 79.3 cm³/mol. The van der Waals surface area contributed by atoms with Crippen molar-refractivity contribution in [2.45, 2.75) is 18.9 Å². The highest BCUT2D eigenvalue weighted by Crippen LogP contribution is 2.26. The number of fused-ring (bicyclic) bond motifs is 1. The third-order valence-electron chi connectivity index (χ3n) is 3.47. The summed E-state index contributed by atoms with van der Waals surface area (Å²) in [6, 6.07) is 13.8. The van der Waals surface area contributed by atoms with Crippen LogP contribution in [0.15, 0.2) is 61.1 Å². The van der Waals surface area contributed by atoms with Gasteiger partial charge in [-0.1, -0.05) is 24.3 Å². The quantitative estimate of drug-likeness (QED) is 0.786. The van der Waals surface area contributed by atoms with Crippen LogP contribution in [0.3, 0.4) is 0 Å². The van der Waals surface area contributed by atoms with Crippen molar-refractivity contribution in [1.82, 2.24) is 9.97 Å². The molecule has 2 aromatic heterocycles. The van der Waals surface area contributed by atoms with E-state index < -0.39 is 6.10 Å². The monoisotopic (exact) mass is 264 g/mol. The molecule has 3 nitrogen and oxygen atoms in total. The molecule has 3 rings (SSSR count). The van der Waals surface area contributed by atoms with Crippen molar-refractivity contribution >= 4 is 10.8 Å². The largest absolute Gasteiger partial charge is 0.388 e. The van der Waals surface area contributed by atoms with E-state index in [0.717, 1.165) is 28.5 Å². The SMILES string of the molecule is OC(CCc1ccccn1)c1cccc2cnccc12. The minimum absolute atomic E-state index is 0.483. The van der Waals surface area contributed by atoms with Gasteiger partial charge >= 0.3 is 0 Å². The van der Waals surface area contributed by atoms with Crippen molar-refractivity contribution in [3.05, 3.63) is 72.3 Å². The molecule has 0 saturated carbocycles. The summed E-state index contributed by atoms with van der Waals surface area (Å²) in [5, 5.41) is 12.6. The number of rotatable bonds is 4. The lowest BCUT2D eigenvalue weighted by Crippen LogP contribution is -2.01. The molecule has 0 bridgehead atoms. The van der Waals surface area contributed by atoms with Crippen molar-refractivity contribution in [2.24, 2.45) is 0 Å². The number of aryl methyl sites for hydroxylation is 1. The Hall–Kier alpha value is -2.26. The average molecular weight is 264 g/mol. The van der Waals surface area contributed by atoms with Gasteiger partial charge in [0.1, 0.15) is 0 Å². The van der Waals surface area contributed by atoms with Crippen LogP contribution < -0.4 is 0 Å². The molecule has 3 heteroatoms. The lowest BCUT2D eigenvalue weighted by molar-refractivity contribution is 0.169. The zero-order chi connectivity index (χ0) is 13.8. The zero-order valence-electron chi connectivity index (χ0n) is 11.1. The van der Waals surface area contributed by atoms with E-state index in [4.69, 9.17) is 0 Å². The standard InChI is InChI=1S/C17H16N2O/c20-17(8-7-14-5-1-2-10-19-14)16-6-3-4-13-12-18-11-9-15(13)16/h1-6,9-12,17,20H,7-8H2. The van der Waals surface area contributed by atoms with Gasteiger partial charge in [-0.2, -0.15) is 0 Å². The van der Waals surface area contributed by atoms with Crippen LogP contribution in [-0.2, 0) is 6.42 Å². The third-order valence-corrected chi connectivity index (χ3v) is 3.47. The van der Waals surface area contributed by atoms with Crippen LogP contribution in [0.1, 0.15) is 23.8 Å². The summed E-state index contributed by atoms with van der Waals surface area (Å²) in [5.74, 6) is 0. The van der Waals surface area contributed by atoms with Crippen molar-refractivity contribution in [2.75, 3.05) is 0 Å². The van der Waals surface area contributed by atoms with E-state index >= 15 is 0 Å². The molecular formula is C17H16N2O. The van der Waals surface area contributed by atoms with Gasteiger partial charge < -0.3 is 5.11 Å². The number of hydrogen-bond acceptors (Lipinski definition) is 3. The molecule has 0 fully saturated rings. The predicted octanol–water partition coefficient (Wildman–Crippen LogP) is 3.30. The molecule has 0 amide bonds. The number of pyridine rings is 2. The number of hydrogen-bond donors (Lipinski definition) is 1. The van der Waals surface area contributed by atoms with Gasteiger partial charge in [-0.15, -0.1) is 0 Å². The Balaban J connectivity index is 1.80. The Morgan fingerprint density at radius 1 is 1.00 bits per heavy atom.